The molecule has 3 aromatic carbocycles. The number of hydrogen-bond acceptors (Lipinski definition) is 2. The first kappa shape index (κ1) is 18.8. The Labute approximate surface area is 164 Å². The molecule has 3 rings (SSSR count). The van der Waals surface area contributed by atoms with E-state index in [1.165, 1.54) is 0 Å². The highest BCUT2D eigenvalue weighted by molar-refractivity contribution is 6.35. The molecule has 1 atom stereocenters. The molecule has 0 saturated heterocycles. The van der Waals surface area contributed by atoms with Crippen LogP contribution in [0.4, 0.5) is 0 Å². The summed E-state index contributed by atoms with van der Waals surface area (Å²) in [6.45, 7) is 3.38. The van der Waals surface area contributed by atoms with Gasteiger partial charge in [-0.05, 0) is 47.9 Å². The molecule has 3 aromatic rings. The van der Waals surface area contributed by atoms with Crippen LogP contribution in [0.15, 0.2) is 72.8 Å². The van der Waals surface area contributed by atoms with E-state index in [0.29, 0.717) is 16.7 Å². The molecule has 0 aliphatic rings. The zero-order chi connectivity index (χ0) is 18.4. The quantitative estimate of drug-likeness (QED) is 0.506. The molecule has 2 nitrogen and oxygen atoms in total. The van der Waals surface area contributed by atoms with Crippen LogP contribution in [-0.4, -0.2) is 0 Å². The van der Waals surface area contributed by atoms with Gasteiger partial charge in [-0.3, -0.25) is 0 Å². The van der Waals surface area contributed by atoms with Gasteiger partial charge in [0, 0.05) is 22.6 Å². The molecule has 0 unspecified atom stereocenters. The molecule has 0 spiro atoms. The second-order valence-electron chi connectivity index (χ2n) is 6.19. The van der Waals surface area contributed by atoms with E-state index in [-0.39, 0.29) is 6.04 Å². The number of ether oxygens (including phenoxy) is 1. The van der Waals surface area contributed by atoms with E-state index in [4.69, 9.17) is 27.9 Å². The summed E-state index contributed by atoms with van der Waals surface area (Å²) in [4.78, 5) is 0. The lowest BCUT2D eigenvalue weighted by Crippen LogP contribution is -2.18. The van der Waals surface area contributed by atoms with Crippen LogP contribution in [0.3, 0.4) is 0 Å². The first-order valence-electron chi connectivity index (χ1n) is 8.56. The minimum absolute atomic E-state index is 0.119. The number of halogens is 2. The van der Waals surface area contributed by atoms with Crippen LogP contribution in [0.1, 0.15) is 29.7 Å². The van der Waals surface area contributed by atoms with E-state index in [2.05, 4.69) is 36.5 Å². The van der Waals surface area contributed by atoms with Crippen molar-refractivity contribution < 1.29 is 4.74 Å². The van der Waals surface area contributed by atoms with Gasteiger partial charge in [0.05, 0.1) is 0 Å². The van der Waals surface area contributed by atoms with Crippen LogP contribution in [0.2, 0.25) is 10.0 Å². The molecule has 134 valence electrons. The lowest BCUT2D eigenvalue weighted by Gasteiger charge is -2.16. The lowest BCUT2D eigenvalue weighted by atomic mass is 10.1. The first-order chi connectivity index (χ1) is 12.6. The minimum atomic E-state index is 0.119. The Morgan fingerprint density at radius 2 is 1.65 bits per heavy atom. The van der Waals surface area contributed by atoms with Crippen molar-refractivity contribution >= 4 is 23.2 Å². The fourth-order valence-corrected chi connectivity index (χ4v) is 3.29. The Bertz CT molecular complexity index is 852. The highest BCUT2D eigenvalue weighted by Crippen LogP contribution is 2.26. The Morgan fingerprint density at radius 1 is 0.885 bits per heavy atom. The maximum Gasteiger partial charge on any atom is 0.120 e. The van der Waals surface area contributed by atoms with Gasteiger partial charge in [-0.2, -0.15) is 0 Å². The van der Waals surface area contributed by atoms with Gasteiger partial charge in [0.15, 0.2) is 0 Å². The summed E-state index contributed by atoms with van der Waals surface area (Å²) in [5.74, 6) is 0.866. The standard InChI is InChI=1S/C22H21Cl2NO/c1-16(21-11-10-19(23)13-22(21)24)25-14-18-8-5-9-20(12-18)26-15-17-6-3-2-4-7-17/h2-13,16,25H,14-15H2,1H3/t16-/m1/s1. The normalized spacial score (nSPS) is 12.0. The van der Waals surface area contributed by atoms with Gasteiger partial charge in [0.1, 0.15) is 12.4 Å². The summed E-state index contributed by atoms with van der Waals surface area (Å²) in [5, 5.41) is 4.82. The van der Waals surface area contributed by atoms with Crippen LogP contribution in [0.25, 0.3) is 0 Å². The van der Waals surface area contributed by atoms with Crippen molar-refractivity contribution in [3.63, 3.8) is 0 Å². The average Bonchev–Trinajstić information content (AvgIpc) is 2.66. The van der Waals surface area contributed by atoms with Crippen molar-refractivity contribution in [3.8, 4) is 5.75 Å². The van der Waals surface area contributed by atoms with Crippen molar-refractivity contribution in [3.05, 3.63) is 99.5 Å². The van der Waals surface area contributed by atoms with E-state index in [9.17, 15) is 0 Å². The summed E-state index contributed by atoms with van der Waals surface area (Å²) in [5.41, 5.74) is 3.35. The molecule has 4 heteroatoms. The van der Waals surface area contributed by atoms with Crippen LogP contribution < -0.4 is 10.1 Å². The molecule has 0 radical (unpaired) electrons. The van der Waals surface area contributed by atoms with Gasteiger partial charge in [-0.25, -0.2) is 0 Å². The maximum atomic E-state index is 6.29. The predicted octanol–water partition coefficient (Wildman–Crippen LogP) is 6.42. The smallest absolute Gasteiger partial charge is 0.120 e. The zero-order valence-electron chi connectivity index (χ0n) is 14.6. The highest BCUT2D eigenvalue weighted by atomic mass is 35.5. The summed E-state index contributed by atoms with van der Waals surface area (Å²) < 4.78 is 5.89. The Hall–Kier alpha value is -2.00. The molecule has 0 bridgehead atoms. The maximum absolute atomic E-state index is 6.29. The van der Waals surface area contributed by atoms with E-state index >= 15 is 0 Å². The van der Waals surface area contributed by atoms with E-state index in [1.807, 2.05) is 42.5 Å². The molecule has 0 aliphatic heterocycles. The topological polar surface area (TPSA) is 21.3 Å². The van der Waals surface area contributed by atoms with Gasteiger partial charge in [0.2, 0.25) is 0 Å². The highest BCUT2D eigenvalue weighted by Gasteiger charge is 2.10. The molecule has 0 aromatic heterocycles. The van der Waals surface area contributed by atoms with E-state index in [1.54, 1.807) is 6.07 Å². The molecule has 0 aliphatic carbocycles. The van der Waals surface area contributed by atoms with Crippen molar-refractivity contribution in [2.45, 2.75) is 26.1 Å². The fraction of sp³-hybridized carbons (Fsp3) is 0.182. The Morgan fingerprint density at radius 3 is 2.42 bits per heavy atom. The second-order valence-corrected chi connectivity index (χ2v) is 7.03. The van der Waals surface area contributed by atoms with Crippen molar-refractivity contribution in [1.29, 1.82) is 0 Å². The third kappa shape index (κ3) is 5.25. The number of rotatable bonds is 7. The largest absolute Gasteiger partial charge is 0.489 e. The lowest BCUT2D eigenvalue weighted by molar-refractivity contribution is 0.306. The summed E-state index contributed by atoms with van der Waals surface area (Å²) >= 11 is 12.3. The number of hydrogen-bond donors (Lipinski definition) is 1. The van der Waals surface area contributed by atoms with Crippen molar-refractivity contribution in [1.82, 2.24) is 5.32 Å². The molecular weight excluding hydrogens is 365 g/mol. The molecule has 0 fully saturated rings. The van der Waals surface area contributed by atoms with Crippen LogP contribution in [0, 0.1) is 0 Å². The minimum Gasteiger partial charge on any atom is -0.489 e. The predicted molar refractivity (Wildman–Crippen MR) is 109 cm³/mol. The van der Waals surface area contributed by atoms with E-state index in [0.717, 1.165) is 29.0 Å². The summed E-state index contributed by atoms with van der Waals surface area (Å²) in [7, 11) is 0. The fourth-order valence-electron chi connectivity index (χ4n) is 2.72. The SMILES string of the molecule is C[C@@H](NCc1cccc(OCc2ccccc2)c1)c1ccc(Cl)cc1Cl. The van der Waals surface area contributed by atoms with Crippen LogP contribution in [-0.2, 0) is 13.2 Å². The van der Waals surface area contributed by atoms with Gasteiger partial charge in [0.25, 0.3) is 0 Å². The van der Waals surface area contributed by atoms with E-state index < -0.39 is 0 Å². The third-order valence-corrected chi connectivity index (χ3v) is 4.75. The van der Waals surface area contributed by atoms with Crippen LogP contribution in [0.5, 0.6) is 5.75 Å². The summed E-state index contributed by atoms with van der Waals surface area (Å²) in [6.07, 6.45) is 0. The van der Waals surface area contributed by atoms with Gasteiger partial charge in [-0.1, -0.05) is 71.7 Å². The van der Waals surface area contributed by atoms with Crippen LogP contribution >= 0.6 is 23.2 Å². The van der Waals surface area contributed by atoms with Crippen molar-refractivity contribution in [2.24, 2.45) is 0 Å². The number of nitrogens with one attached hydrogen (secondary N) is 1. The second kappa shape index (κ2) is 9.09. The van der Waals surface area contributed by atoms with Gasteiger partial charge in [-0.15, -0.1) is 0 Å². The third-order valence-electron chi connectivity index (χ3n) is 4.19. The first-order valence-corrected chi connectivity index (χ1v) is 9.31. The number of benzene rings is 3. The molecule has 0 heterocycles. The van der Waals surface area contributed by atoms with Crippen molar-refractivity contribution in [2.75, 3.05) is 0 Å². The summed E-state index contributed by atoms with van der Waals surface area (Å²) in [6, 6.07) is 24.0. The Balaban J connectivity index is 1.58. The molecule has 26 heavy (non-hydrogen) atoms. The zero-order valence-corrected chi connectivity index (χ0v) is 16.1. The molecule has 0 amide bonds. The van der Waals surface area contributed by atoms with Gasteiger partial charge < -0.3 is 10.1 Å². The average molecular weight is 386 g/mol. The molecule has 1 N–H and O–H groups in total. The Kier molecular flexibility index (Phi) is 6.56. The molecule has 0 saturated carbocycles. The monoisotopic (exact) mass is 385 g/mol. The van der Waals surface area contributed by atoms with Gasteiger partial charge >= 0.3 is 0 Å². The molecular formula is C22H21Cl2NO.